The number of para-hydroxylation sites is 1. The number of anilines is 1. The van der Waals surface area contributed by atoms with Crippen LogP contribution < -0.4 is 19.7 Å². The van der Waals surface area contributed by atoms with E-state index in [1.807, 2.05) is 43.3 Å². The average molecular weight is 749 g/mol. The van der Waals surface area contributed by atoms with Crippen molar-refractivity contribution >= 4 is 27.5 Å². The number of fused-ring (bicyclic) bond motifs is 2. The van der Waals surface area contributed by atoms with Crippen LogP contribution in [0.5, 0.6) is 5.75 Å². The van der Waals surface area contributed by atoms with Gasteiger partial charge in [0.2, 0.25) is 5.91 Å². The number of hydrogen-bond donors (Lipinski definition) is 4. The van der Waals surface area contributed by atoms with Gasteiger partial charge < -0.3 is 25.2 Å². The highest BCUT2D eigenvalue weighted by molar-refractivity contribution is 7.90. The van der Waals surface area contributed by atoms with E-state index in [1.165, 1.54) is 30.7 Å². The van der Waals surface area contributed by atoms with E-state index in [0.717, 1.165) is 6.42 Å². The van der Waals surface area contributed by atoms with E-state index in [1.54, 1.807) is 37.3 Å². The van der Waals surface area contributed by atoms with Crippen LogP contribution in [0.3, 0.4) is 0 Å². The maximum atomic E-state index is 14.2. The molecule has 13 heteroatoms. The lowest BCUT2D eigenvalue weighted by molar-refractivity contribution is -0.183. The molecule has 8 atom stereocenters. The first-order chi connectivity index (χ1) is 25.1. The third kappa shape index (κ3) is 7.42. The highest BCUT2D eigenvalue weighted by atomic mass is 32.2. The predicted octanol–water partition coefficient (Wildman–Crippen LogP) is 4.21. The molecule has 4 fully saturated rings. The third-order valence-electron chi connectivity index (χ3n) is 12.0. The van der Waals surface area contributed by atoms with Crippen LogP contribution in [0.4, 0.5) is 5.69 Å². The van der Waals surface area contributed by atoms with Gasteiger partial charge in [-0.3, -0.25) is 14.4 Å². The molecule has 3 aromatic carbocycles. The molecule has 53 heavy (non-hydrogen) atoms. The minimum atomic E-state index is -4.13. The van der Waals surface area contributed by atoms with E-state index in [9.17, 15) is 28.2 Å². The molecule has 1 aliphatic heterocycles. The molecule has 0 spiro atoms. The number of nitrogens with one attached hydrogen (secondary N) is 2. The van der Waals surface area contributed by atoms with Gasteiger partial charge in [0.25, 0.3) is 15.9 Å². The Labute approximate surface area is 312 Å². The van der Waals surface area contributed by atoms with E-state index in [-0.39, 0.29) is 41.0 Å². The lowest BCUT2D eigenvalue weighted by Gasteiger charge is -2.62. The Kier molecular flexibility index (Phi) is 11.0. The average Bonchev–Trinajstić information content (AvgIpc) is 3.50. The number of nitrogens with zero attached hydrogens (tertiary/aromatic N) is 2. The second kappa shape index (κ2) is 15.0. The van der Waals surface area contributed by atoms with Crippen molar-refractivity contribution < 1.29 is 37.8 Å². The van der Waals surface area contributed by atoms with Crippen LogP contribution in [-0.2, 0) is 26.2 Å². The van der Waals surface area contributed by atoms with Crippen LogP contribution in [0.1, 0.15) is 56.5 Å². The number of benzene rings is 3. The number of ether oxygens (including phenoxy) is 1. The first-order valence-electron chi connectivity index (χ1n) is 18.2. The van der Waals surface area contributed by atoms with Crippen LogP contribution >= 0.6 is 0 Å². The molecule has 0 aromatic heterocycles. The van der Waals surface area contributed by atoms with Gasteiger partial charge in [-0.2, -0.15) is 5.06 Å². The number of rotatable bonds is 12. The number of hydroxylamine groups is 2. The van der Waals surface area contributed by atoms with E-state index >= 15 is 0 Å². The van der Waals surface area contributed by atoms with Crippen molar-refractivity contribution in [2.24, 2.45) is 29.1 Å². The standard InChI is InChI=1S/C40H52N4O8S/c1-23-32-19-28(40(32,3)4)20-33(23)41-39(48)36-35(24(2)46)34(22-45)52-44(36)21-25-12-11-15-31(37(25)51-7)26-16-27(18-29(17-26)43(5)6)38(47)42-53(49,50)30-13-9-8-10-14-30/h8-18,23-24,28,32-36,45-46H,19-22H2,1-7H3,(H,41,48)(H,42,47)/t23-,24-,28+,32-,33-,34-,35+,36-/m0/s1. The number of amides is 2. The Hall–Kier alpha value is -4.01. The first kappa shape index (κ1) is 38.7. The van der Waals surface area contributed by atoms with E-state index in [4.69, 9.17) is 9.57 Å². The summed E-state index contributed by atoms with van der Waals surface area (Å²) in [6, 6.07) is 17.4. The van der Waals surface area contributed by atoms with Crippen molar-refractivity contribution in [1.82, 2.24) is 15.1 Å². The molecule has 3 aliphatic carbocycles. The molecule has 12 nitrogen and oxygen atoms in total. The minimum absolute atomic E-state index is 0.000126. The van der Waals surface area contributed by atoms with Gasteiger partial charge in [-0.15, -0.1) is 0 Å². The van der Waals surface area contributed by atoms with Crippen LogP contribution in [0.25, 0.3) is 11.1 Å². The molecule has 1 heterocycles. The zero-order valence-electron chi connectivity index (χ0n) is 31.4. The number of hydrogen-bond acceptors (Lipinski definition) is 10. The van der Waals surface area contributed by atoms with Crippen molar-refractivity contribution in [3.8, 4) is 16.9 Å². The Morgan fingerprint density at radius 2 is 1.79 bits per heavy atom. The highest BCUT2D eigenvalue weighted by Crippen LogP contribution is 2.61. The highest BCUT2D eigenvalue weighted by Gasteiger charge is 2.57. The Balaban J connectivity index is 1.30. The largest absolute Gasteiger partial charge is 0.496 e. The molecule has 0 radical (unpaired) electrons. The number of aliphatic hydroxyl groups is 2. The fraction of sp³-hybridized carbons (Fsp3) is 0.500. The fourth-order valence-corrected chi connectivity index (χ4v) is 9.82. The molecule has 7 rings (SSSR count). The summed E-state index contributed by atoms with van der Waals surface area (Å²) in [5.41, 5.74) is 2.91. The second-order valence-corrected chi connectivity index (χ2v) is 17.3. The fourth-order valence-electron chi connectivity index (χ4n) is 8.83. The summed E-state index contributed by atoms with van der Waals surface area (Å²) in [5, 5.41) is 26.1. The van der Waals surface area contributed by atoms with E-state index in [2.05, 4.69) is 30.8 Å². The van der Waals surface area contributed by atoms with E-state index in [0.29, 0.717) is 45.9 Å². The molecular formula is C40H52N4O8S. The summed E-state index contributed by atoms with van der Waals surface area (Å²) in [5.74, 6) is 0.0909. The third-order valence-corrected chi connectivity index (χ3v) is 13.3. The summed E-state index contributed by atoms with van der Waals surface area (Å²) >= 11 is 0. The molecule has 1 saturated heterocycles. The van der Waals surface area contributed by atoms with Crippen molar-refractivity contribution in [1.29, 1.82) is 0 Å². The molecule has 0 unspecified atom stereocenters. The van der Waals surface area contributed by atoms with Gasteiger partial charge in [-0.1, -0.05) is 57.2 Å². The monoisotopic (exact) mass is 748 g/mol. The Morgan fingerprint density at radius 3 is 2.40 bits per heavy atom. The molecule has 4 N–H and O–H groups in total. The van der Waals surface area contributed by atoms with Crippen LogP contribution in [0.15, 0.2) is 71.6 Å². The van der Waals surface area contributed by atoms with Gasteiger partial charge >= 0.3 is 0 Å². The van der Waals surface area contributed by atoms with Crippen molar-refractivity contribution in [3.63, 3.8) is 0 Å². The maximum absolute atomic E-state index is 14.2. The molecule has 4 aliphatic rings. The topological polar surface area (TPSA) is 158 Å². The van der Waals surface area contributed by atoms with Gasteiger partial charge in [-0.05, 0) is 78.8 Å². The molecular weight excluding hydrogens is 697 g/mol. The van der Waals surface area contributed by atoms with E-state index < -0.39 is 40.1 Å². The second-order valence-electron chi connectivity index (χ2n) is 15.6. The molecule has 2 bridgehead atoms. The molecule has 3 saturated carbocycles. The van der Waals surface area contributed by atoms with Crippen LogP contribution in [0, 0.1) is 29.1 Å². The smallest absolute Gasteiger partial charge is 0.265 e. The summed E-state index contributed by atoms with van der Waals surface area (Å²) in [7, 11) is 1.04. The summed E-state index contributed by atoms with van der Waals surface area (Å²) in [6.07, 6.45) is 0.323. The number of aliphatic hydroxyl groups excluding tert-OH is 2. The van der Waals surface area contributed by atoms with Crippen LogP contribution in [0.2, 0.25) is 0 Å². The van der Waals surface area contributed by atoms with Crippen LogP contribution in [-0.4, -0.2) is 87.6 Å². The minimum Gasteiger partial charge on any atom is -0.496 e. The predicted molar refractivity (Wildman–Crippen MR) is 201 cm³/mol. The molecule has 286 valence electrons. The Morgan fingerprint density at radius 1 is 1.08 bits per heavy atom. The first-order valence-corrected chi connectivity index (χ1v) is 19.7. The number of carbonyl (C=O) groups excluding carboxylic acids is 2. The lowest BCUT2D eigenvalue weighted by atomic mass is 9.45. The van der Waals surface area contributed by atoms with Crippen molar-refractivity contribution in [2.45, 2.75) is 76.3 Å². The quantitative estimate of drug-likeness (QED) is 0.212. The zero-order valence-corrected chi connectivity index (χ0v) is 32.3. The van der Waals surface area contributed by atoms with Crippen molar-refractivity contribution in [3.05, 3.63) is 77.9 Å². The zero-order chi connectivity index (χ0) is 38.4. The summed E-state index contributed by atoms with van der Waals surface area (Å²) in [4.78, 5) is 35.7. The van der Waals surface area contributed by atoms with Crippen molar-refractivity contribution in [2.75, 3.05) is 32.7 Å². The SMILES string of the molecule is COc1c(CN2O[C@@H](CO)[C@@H]([C@H](C)O)[C@H]2C(=O)N[C@H]2C[C@H]3C[C@@H]([C@@H]2C)C3(C)C)cccc1-c1cc(C(=O)NS(=O)(=O)c2ccccc2)cc(N(C)C)c1. The summed E-state index contributed by atoms with van der Waals surface area (Å²) in [6.45, 7) is 8.15. The number of sulfonamides is 1. The number of carbonyl (C=O) groups is 2. The van der Waals surface area contributed by atoms with Gasteiger partial charge in [0, 0.05) is 48.4 Å². The van der Waals surface area contributed by atoms with Gasteiger partial charge in [-0.25, -0.2) is 13.1 Å². The number of methoxy groups -OCH3 is 1. The normalized spacial score (nSPS) is 27.0. The lowest BCUT2D eigenvalue weighted by Crippen LogP contribution is -2.62. The van der Waals surface area contributed by atoms with Gasteiger partial charge in [0.1, 0.15) is 17.9 Å². The maximum Gasteiger partial charge on any atom is 0.265 e. The van der Waals surface area contributed by atoms with Gasteiger partial charge in [0.15, 0.2) is 0 Å². The summed E-state index contributed by atoms with van der Waals surface area (Å²) < 4.78 is 34.2. The Bertz CT molecular complexity index is 1940. The molecule has 2 amide bonds. The molecule has 3 aromatic rings. The van der Waals surface area contributed by atoms with Gasteiger partial charge in [0.05, 0.1) is 31.3 Å².